The molecular formula is C15H23NO2. The Morgan fingerprint density at radius 2 is 2.33 bits per heavy atom. The van der Waals surface area contributed by atoms with Crippen molar-refractivity contribution in [2.75, 3.05) is 13.2 Å². The van der Waals surface area contributed by atoms with Gasteiger partial charge < -0.3 is 15.2 Å². The van der Waals surface area contributed by atoms with Gasteiger partial charge in [-0.25, -0.2) is 0 Å². The maximum atomic E-state index is 9.30. The van der Waals surface area contributed by atoms with Crippen LogP contribution in [0, 0.1) is 6.92 Å². The molecule has 100 valence electrons. The van der Waals surface area contributed by atoms with E-state index in [1.165, 1.54) is 11.1 Å². The fourth-order valence-corrected chi connectivity index (χ4v) is 2.36. The number of ether oxygens (including phenoxy) is 1. The predicted molar refractivity (Wildman–Crippen MR) is 72.9 cm³/mol. The first-order valence-corrected chi connectivity index (χ1v) is 6.81. The summed E-state index contributed by atoms with van der Waals surface area (Å²) in [7, 11) is 0. The maximum absolute atomic E-state index is 9.30. The van der Waals surface area contributed by atoms with Gasteiger partial charge in [-0.15, -0.1) is 0 Å². The van der Waals surface area contributed by atoms with Crippen LogP contribution in [0.15, 0.2) is 18.2 Å². The van der Waals surface area contributed by atoms with E-state index in [4.69, 9.17) is 4.74 Å². The van der Waals surface area contributed by atoms with Crippen LogP contribution in [0.4, 0.5) is 0 Å². The zero-order chi connectivity index (χ0) is 13.0. The van der Waals surface area contributed by atoms with Crippen molar-refractivity contribution in [1.82, 2.24) is 5.32 Å². The highest BCUT2D eigenvalue weighted by Gasteiger charge is 2.19. The first kappa shape index (κ1) is 13.4. The van der Waals surface area contributed by atoms with E-state index in [2.05, 4.69) is 30.4 Å². The molecule has 1 heterocycles. The molecular weight excluding hydrogens is 226 g/mol. The molecule has 0 aromatic heterocycles. The van der Waals surface area contributed by atoms with Crippen LogP contribution in [0.3, 0.4) is 0 Å². The normalized spacial score (nSPS) is 20.7. The molecule has 18 heavy (non-hydrogen) atoms. The Bertz CT molecular complexity index is 390. The monoisotopic (exact) mass is 249 g/mol. The third-order valence-corrected chi connectivity index (χ3v) is 3.39. The van der Waals surface area contributed by atoms with Crippen LogP contribution in [-0.2, 0) is 0 Å². The summed E-state index contributed by atoms with van der Waals surface area (Å²) in [5.74, 6) is 1.02. The van der Waals surface area contributed by atoms with Gasteiger partial charge in [-0.2, -0.15) is 0 Å². The molecule has 2 N–H and O–H groups in total. The zero-order valence-corrected chi connectivity index (χ0v) is 11.3. The predicted octanol–water partition coefficient (Wildman–Crippen LogP) is 2.57. The summed E-state index contributed by atoms with van der Waals surface area (Å²) < 4.78 is 5.80. The molecule has 3 heteroatoms. The second-order valence-corrected chi connectivity index (χ2v) is 5.18. The fraction of sp³-hybridized carbons (Fsp3) is 0.600. The largest absolute Gasteiger partial charge is 0.493 e. The Hall–Kier alpha value is -1.06. The number of nitrogens with one attached hydrogen (secondary N) is 1. The molecule has 0 fully saturated rings. The van der Waals surface area contributed by atoms with E-state index >= 15 is 0 Å². The lowest BCUT2D eigenvalue weighted by atomic mass is 10.0. The summed E-state index contributed by atoms with van der Waals surface area (Å²) in [6.07, 6.45) is 2.71. The summed E-state index contributed by atoms with van der Waals surface area (Å²) in [4.78, 5) is 0. The third kappa shape index (κ3) is 3.47. The fourth-order valence-electron chi connectivity index (χ4n) is 2.36. The number of hydrogen-bond donors (Lipinski definition) is 2. The van der Waals surface area contributed by atoms with E-state index in [-0.39, 0.29) is 6.10 Å². The Morgan fingerprint density at radius 1 is 1.50 bits per heavy atom. The number of aryl methyl sites for hydroxylation is 1. The lowest BCUT2D eigenvalue weighted by Gasteiger charge is -2.19. The minimum Gasteiger partial charge on any atom is -0.493 e. The molecule has 0 saturated carbocycles. The lowest BCUT2D eigenvalue weighted by Crippen LogP contribution is -2.24. The highest BCUT2D eigenvalue weighted by Crippen LogP contribution is 2.32. The van der Waals surface area contributed by atoms with Crippen molar-refractivity contribution in [2.45, 2.75) is 45.3 Å². The molecule has 0 radical (unpaired) electrons. The van der Waals surface area contributed by atoms with Crippen molar-refractivity contribution in [3.63, 3.8) is 0 Å². The SMILES string of the molecule is Cc1ccc2c(c1)OCCCC2NCCC(C)O. The molecule has 1 aliphatic rings. The Balaban J connectivity index is 2.07. The smallest absolute Gasteiger partial charge is 0.124 e. The Labute approximate surface area is 109 Å². The molecule has 3 nitrogen and oxygen atoms in total. The number of aliphatic hydroxyl groups is 1. The molecule has 0 bridgehead atoms. The Morgan fingerprint density at radius 3 is 3.11 bits per heavy atom. The first-order valence-electron chi connectivity index (χ1n) is 6.81. The first-order chi connectivity index (χ1) is 8.66. The highest BCUT2D eigenvalue weighted by molar-refractivity contribution is 5.39. The number of fused-ring (bicyclic) bond motifs is 1. The molecule has 1 aromatic rings. The number of benzene rings is 1. The molecule has 1 aromatic carbocycles. The van der Waals surface area contributed by atoms with Crippen LogP contribution in [0.2, 0.25) is 0 Å². The summed E-state index contributed by atoms with van der Waals surface area (Å²) >= 11 is 0. The van der Waals surface area contributed by atoms with Gasteiger partial charge in [-0.05, 0) is 51.3 Å². The number of rotatable bonds is 4. The zero-order valence-electron chi connectivity index (χ0n) is 11.3. The van der Waals surface area contributed by atoms with E-state index in [1.807, 2.05) is 6.92 Å². The van der Waals surface area contributed by atoms with Crippen LogP contribution in [-0.4, -0.2) is 24.4 Å². The van der Waals surface area contributed by atoms with Gasteiger partial charge >= 0.3 is 0 Å². The standard InChI is InChI=1S/C15H23NO2/c1-11-5-6-13-14(16-8-7-12(2)17)4-3-9-18-15(13)10-11/h5-6,10,12,14,16-17H,3-4,7-9H2,1-2H3. The summed E-state index contributed by atoms with van der Waals surface area (Å²) in [5, 5.41) is 12.8. The highest BCUT2D eigenvalue weighted by atomic mass is 16.5. The summed E-state index contributed by atoms with van der Waals surface area (Å²) in [5.41, 5.74) is 2.49. The van der Waals surface area contributed by atoms with Crippen molar-refractivity contribution < 1.29 is 9.84 Å². The van der Waals surface area contributed by atoms with Crippen LogP contribution in [0.5, 0.6) is 5.75 Å². The van der Waals surface area contributed by atoms with E-state index < -0.39 is 0 Å². The quantitative estimate of drug-likeness (QED) is 0.861. The van der Waals surface area contributed by atoms with Crippen molar-refractivity contribution in [3.8, 4) is 5.75 Å². The number of aliphatic hydroxyl groups excluding tert-OH is 1. The van der Waals surface area contributed by atoms with Gasteiger partial charge in [-0.1, -0.05) is 12.1 Å². The van der Waals surface area contributed by atoms with Crippen molar-refractivity contribution in [3.05, 3.63) is 29.3 Å². The van der Waals surface area contributed by atoms with E-state index in [1.54, 1.807) is 0 Å². The third-order valence-electron chi connectivity index (χ3n) is 3.39. The minimum atomic E-state index is -0.239. The van der Waals surface area contributed by atoms with Gasteiger partial charge in [0.1, 0.15) is 5.75 Å². The Kier molecular flexibility index (Phi) is 4.61. The van der Waals surface area contributed by atoms with Crippen LogP contribution in [0.25, 0.3) is 0 Å². The van der Waals surface area contributed by atoms with E-state index in [0.29, 0.717) is 6.04 Å². The van der Waals surface area contributed by atoms with Gasteiger partial charge in [0.05, 0.1) is 12.7 Å². The van der Waals surface area contributed by atoms with Gasteiger partial charge in [0.15, 0.2) is 0 Å². The molecule has 0 spiro atoms. The van der Waals surface area contributed by atoms with Gasteiger partial charge in [0.25, 0.3) is 0 Å². The van der Waals surface area contributed by atoms with Gasteiger partial charge in [0.2, 0.25) is 0 Å². The minimum absolute atomic E-state index is 0.239. The van der Waals surface area contributed by atoms with E-state index in [9.17, 15) is 5.11 Å². The van der Waals surface area contributed by atoms with Crippen molar-refractivity contribution in [1.29, 1.82) is 0 Å². The second kappa shape index (κ2) is 6.21. The van der Waals surface area contributed by atoms with Crippen molar-refractivity contribution in [2.24, 2.45) is 0 Å². The molecule has 2 unspecified atom stereocenters. The topological polar surface area (TPSA) is 41.5 Å². The van der Waals surface area contributed by atoms with Crippen LogP contribution in [0.1, 0.15) is 43.4 Å². The molecule has 0 saturated heterocycles. The molecule has 0 amide bonds. The molecule has 0 aliphatic carbocycles. The van der Waals surface area contributed by atoms with Gasteiger partial charge in [0, 0.05) is 11.6 Å². The van der Waals surface area contributed by atoms with Crippen LogP contribution >= 0.6 is 0 Å². The summed E-state index contributed by atoms with van der Waals surface area (Å²) in [6, 6.07) is 6.76. The molecule has 2 atom stereocenters. The molecule has 2 rings (SSSR count). The average molecular weight is 249 g/mol. The van der Waals surface area contributed by atoms with Crippen LogP contribution < -0.4 is 10.1 Å². The average Bonchev–Trinajstić information content (AvgIpc) is 2.51. The maximum Gasteiger partial charge on any atom is 0.124 e. The summed E-state index contributed by atoms with van der Waals surface area (Å²) in [6.45, 7) is 5.56. The van der Waals surface area contributed by atoms with E-state index in [0.717, 1.165) is 38.2 Å². The van der Waals surface area contributed by atoms with Crippen molar-refractivity contribution >= 4 is 0 Å². The molecule has 1 aliphatic heterocycles. The number of hydrogen-bond acceptors (Lipinski definition) is 3. The second-order valence-electron chi connectivity index (χ2n) is 5.18. The lowest BCUT2D eigenvalue weighted by molar-refractivity contribution is 0.182. The van der Waals surface area contributed by atoms with Gasteiger partial charge in [-0.3, -0.25) is 0 Å².